The van der Waals surface area contributed by atoms with E-state index in [0.29, 0.717) is 5.56 Å². The van der Waals surface area contributed by atoms with Crippen molar-refractivity contribution in [1.82, 2.24) is 15.5 Å². The molecule has 3 N–H and O–H groups in total. The topological polar surface area (TPSA) is 108 Å². The fourth-order valence-corrected chi connectivity index (χ4v) is 3.20. The van der Waals surface area contributed by atoms with Crippen LogP contribution in [-0.2, 0) is 14.3 Å². The molecular weight excluding hydrogens is 410 g/mol. The van der Waals surface area contributed by atoms with Crippen molar-refractivity contribution >= 4 is 17.9 Å². The molecule has 2 atom stereocenters. The van der Waals surface area contributed by atoms with E-state index >= 15 is 0 Å². The summed E-state index contributed by atoms with van der Waals surface area (Å²) in [4.78, 5) is 40.7. The van der Waals surface area contributed by atoms with E-state index in [0.717, 1.165) is 0 Å². The Balaban J connectivity index is 3.38. The van der Waals surface area contributed by atoms with E-state index in [1.807, 2.05) is 20.8 Å². The molecular formula is C24H39N3O5. The number of likely N-dealkylation sites (N-methyl/N-ethyl adjacent to an activating group) is 1. The zero-order chi connectivity index (χ0) is 24.9. The summed E-state index contributed by atoms with van der Waals surface area (Å²) in [6.07, 6.45) is -0.709. The fraction of sp³-hybridized carbons (Fsp3) is 0.625. The van der Waals surface area contributed by atoms with E-state index in [-0.39, 0.29) is 18.2 Å². The summed E-state index contributed by atoms with van der Waals surface area (Å²) in [7, 11) is 0. The minimum atomic E-state index is -1.07. The molecule has 2 unspecified atom stereocenters. The summed E-state index contributed by atoms with van der Waals surface area (Å²) in [6.45, 7) is 16.3. The Bertz CT molecular complexity index is 809. The number of amides is 3. The van der Waals surface area contributed by atoms with Crippen LogP contribution < -0.4 is 10.6 Å². The molecule has 0 saturated heterocycles. The molecule has 0 aliphatic heterocycles. The van der Waals surface area contributed by atoms with Gasteiger partial charge in [-0.3, -0.25) is 9.59 Å². The van der Waals surface area contributed by atoms with E-state index < -0.39 is 41.1 Å². The van der Waals surface area contributed by atoms with Crippen LogP contribution in [0.1, 0.15) is 73.9 Å². The Labute approximate surface area is 191 Å². The van der Waals surface area contributed by atoms with E-state index in [1.54, 1.807) is 59.7 Å². The number of nitrogens with zero attached hydrogens (tertiary/aromatic N) is 1. The van der Waals surface area contributed by atoms with E-state index in [4.69, 9.17) is 4.74 Å². The second kappa shape index (κ2) is 10.7. The number of phenols is 1. The van der Waals surface area contributed by atoms with Crippen molar-refractivity contribution in [2.45, 2.75) is 85.5 Å². The molecule has 0 spiro atoms. The number of phenolic OH excluding ortho intramolecular Hbond substituents is 1. The van der Waals surface area contributed by atoms with Crippen LogP contribution in [-0.4, -0.2) is 51.6 Å². The zero-order valence-corrected chi connectivity index (χ0v) is 20.8. The van der Waals surface area contributed by atoms with Gasteiger partial charge >= 0.3 is 6.09 Å². The van der Waals surface area contributed by atoms with Crippen LogP contribution in [0.25, 0.3) is 0 Å². The van der Waals surface area contributed by atoms with Gasteiger partial charge in [-0.25, -0.2) is 4.79 Å². The fourth-order valence-electron chi connectivity index (χ4n) is 3.20. The molecule has 180 valence electrons. The summed E-state index contributed by atoms with van der Waals surface area (Å²) in [5.41, 5.74) is -0.956. The Hall–Kier alpha value is -2.77. The lowest BCUT2D eigenvalue weighted by atomic mass is 9.97. The molecule has 1 aromatic carbocycles. The lowest BCUT2D eigenvalue weighted by Gasteiger charge is -2.36. The van der Waals surface area contributed by atoms with Crippen molar-refractivity contribution in [3.8, 4) is 5.75 Å². The number of carbonyl (C=O) groups excluding carboxylic acids is 3. The van der Waals surface area contributed by atoms with E-state index in [9.17, 15) is 19.5 Å². The van der Waals surface area contributed by atoms with Gasteiger partial charge in [-0.1, -0.05) is 32.0 Å². The van der Waals surface area contributed by atoms with Crippen molar-refractivity contribution in [2.75, 3.05) is 6.54 Å². The first kappa shape index (κ1) is 27.3. The average Bonchev–Trinajstić information content (AvgIpc) is 2.61. The molecule has 0 bridgehead atoms. The SMILES string of the molecule is CCN(C(=O)C(NC(=O)OC(C)(C)C)C(C)C)C(C(=O)NC(C)(C)C)c1ccccc1O. The van der Waals surface area contributed by atoms with Gasteiger partial charge in [-0.15, -0.1) is 0 Å². The van der Waals surface area contributed by atoms with E-state index in [1.165, 1.54) is 11.0 Å². The largest absolute Gasteiger partial charge is 0.508 e. The molecule has 0 radical (unpaired) electrons. The third kappa shape index (κ3) is 8.05. The highest BCUT2D eigenvalue weighted by molar-refractivity contribution is 5.92. The van der Waals surface area contributed by atoms with Gasteiger partial charge in [0.1, 0.15) is 23.4 Å². The first-order chi connectivity index (χ1) is 14.6. The second-order valence-corrected chi connectivity index (χ2v) is 10.2. The van der Waals surface area contributed by atoms with Crippen molar-refractivity contribution in [2.24, 2.45) is 5.92 Å². The minimum absolute atomic E-state index is 0.0889. The van der Waals surface area contributed by atoms with Gasteiger partial charge in [0.15, 0.2) is 0 Å². The highest BCUT2D eigenvalue weighted by atomic mass is 16.6. The molecule has 0 aliphatic rings. The maximum Gasteiger partial charge on any atom is 0.408 e. The zero-order valence-electron chi connectivity index (χ0n) is 20.8. The highest BCUT2D eigenvalue weighted by Gasteiger charge is 2.38. The number of aromatic hydroxyl groups is 1. The van der Waals surface area contributed by atoms with Crippen LogP contribution >= 0.6 is 0 Å². The van der Waals surface area contributed by atoms with Gasteiger partial charge in [-0.2, -0.15) is 0 Å². The monoisotopic (exact) mass is 449 g/mol. The first-order valence-corrected chi connectivity index (χ1v) is 11.0. The molecule has 0 saturated carbocycles. The van der Waals surface area contributed by atoms with Gasteiger partial charge in [0.25, 0.3) is 0 Å². The number of nitrogens with one attached hydrogen (secondary N) is 2. The number of ether oxygens (including phenoxy) is 1. The van der Waals surface area contributed by atoms with Gasteiger partial charge in [0.05, 0.1) is 0 Å². The summed E-state index contributed by atoms with van der Waals surface area (Å²) < 4.78 is 5.32. The van der Waals surface area contributed by atoms with Crippen LogP contribution in [0.3, 0.4) is 0 Å². The molecule has 8 nitrogen and oxygen atoms in total. The van der Waals surface area contributed by atoms with Crippen LogP contribution in [0.5, 0.6) is 5.75 Å². The molecule has 32 heavy (non-hydrogen) atoms. The van der Waals surface area contributed by atoms with Crippen molar-refractivity contribution in [3.63, 3.8) is 0 Å². The summed E-state index contributed by atoms with van der Waals surface area (Å²) in [6, 6.07) is 4.45. The minimum Gasteiger partial charge on any atom is -0.508 e. The lowest BCUT2D eigenvalue weighted by Crippen LogP contribution is -2.56. The quantitative estimate of drug-likeness (QED) is 0.588. The van der Waals surface area contributed by atoms with Crippen LogP contribution in [0.2, 0.25) is 0 Å². The van der Waals surface area contributed by atoms with Crippen LogP contribution in [0, 0.1) is 5.92 Å². The van der Waals surface area contributed by atoms with Crippen molar-refractivity contribution < 1.29 is 24.2 Å². The number of alkyl carbamates (subject to hydrolysis) is 1. The predicted octanol–water partition coefficient (Wildman–Crippen LogP) is 3.75. The Morgan fingerprint density at radius 1 is 1.06 bits per heavy atom. The number of rotatable bonds is 7. The van der Waals surface area contributed by atoms with Crippen molar-refractivity contribution in [3.05, 3.63) is 29.8 Å². The number of carbonyl (C=O) groups is 3. The summed E-state index contributed by atoms with van der Waals surface area (Å²) in [5, 5.41) is 16.0. The van der Waals surface area contributed by atoms with E-state index in [2.05, 4.69) is 10.6 Å². The Morgan fingerprint density at radius 2 is 1.62 bits per heavy atom. The third-order valence-electron chi connectivity index (χ3n) is 4.52. The molecule has 1 aromatic rings. The number of hydrogen-bond acceptors (Lipinski definition) is 5. The van der Waals surface area contributed by atoms with Crippen LogP contribution in [0.15, 0.2) is 24.3 Å². The summed E-state index contributed by atoms with van der Waals surface area (Å²) in [5.74, 6) is -1.21. The molecule has 1 rings (SSSR count). The second-order valence-electron chi connectivity index (χ2n) is 10.2. The maximum absolute atomic E-state index is 13.6. The Kier molecular flexibility index (Phi) is 9.12. The van der Waals surface area contributed by atoms with Crippen LogP contribution in [0.4, 0.5) is 4.79 Å². The van der Waals surface area contributed by atoms with Gasteiger partial charge in [-0.05, 0) is 60.5 Å². The maximum atomic E-state index is 13.6. The Morgan fingerprint density at radius 3 is 2.06 bits per heavy atom. The van der Waals surface area contributed by atoms with Crippen molar-refractivity contribution in [1.29, 1.82) is 0 Å². The number of hydrogen-bond donors (Lipinski definition) is 3. The predicted molar refractivity (Wildman–Crippen MR) is 124 cm³/mol. The molecule has 0 aromatic heterocycles. The summed E-state index contributed by atoms with van der Waals surface area (Å²) >= 11 is 0. The van der Waals surface area contributed by atoms with Gasteiger partial charge in [0, 0.05) is 17.6 Å². The molecule has 0 fully saturated rings. The lowest BCUT2D eigenvalue weighted by molar-refractivity contribution is -0.143. The molecule has 0 heterocycles. The third-order valence-corrected chi connectivity index (χ3v) is 4.52. The molecule has 3 amide bonds. The normalized spacial score (nSPS) is 13.8. The first-order valence-electron chi connectivity index (χ1n) is 11.0. The number of benzene rings is 1. The standard InChI is InChI=1S/C24H39N3O5/c1-10-27(21(30)18(15(2)3)25-22(31)32-24(7,8)9)19(20(29)26-23(4,5)6)16-13-11-12-14-17(16)28/h11-15,18-19,28H,10H2,1-9H3,(H,25,31)(H,26,29). The van der Waals surface area contributed by atoms with Gasteiger partial charge in [0.2, 0.25) is 11.8 Å². The number of para-hydroxylation sites is 1. The smallest absolute Gasteiger partial charge is 0.408 e. The van der Waals surface area contributed by atoms with Gasteiger partial charge < -0.3 is 25.4 Å². The highest BCUT2D eigenvalue weighted by Crippen LogP contribution is 2.30. The average molecular weight is 450 g/mol. The molecule has 0 aliphatic carbocycles. The molecule has 8 heteroatoms.